The molecule has 1 heterocycles. The van der Waals surface area contributed by atoms with E-state index in [9.17, 15) is 13.6 Å². The van der Waals surface area contributed by atoms with Crippen molar-refractivity contribution in [1.29, 1.82) is 0 Å². The van der Waals surface area contributed by atoms with E-state index in [-0.39, 0.29) is 15.9 Å². The molecule has 0 saturated heterocycles. The van der Waals surface area contributed by atoms with E-state index in [1.54, 1.807) is 0 Å². The SMILES string of the molecule is O=C(O)C(F)(F)Cc1cc(Cl)nnc1Cl. The minimum absolute atomic E-state index is 0.129. The number of carbonyl (C=O) groups is 1. The van der Waals surface area contributed by atoms with Crippen molar-refractivity contribution < 1.29 is 18.7 Å². The third-order valence-electron chi connectivity index (χ3n) is 1.52. The molecule has 1 aromatic rings. The summed E-state index contributed by atoms with van der Waals surface area (Å²) in [5.41, 5.74) is -0.163. The summed E-state index contributed by atoms with van der Waals surface area (Å²) in [6.07, 6.45) is -1.07. The van der Waals surface area contributed by atoms with Crippen LogP contribution in [0.25, 0.3) is 0 Å². The molecule has 0 aliphatic heterocycles. The highest BCUT2D eigenvalue weighted by atomic mass is 35.5. The fourth-order valence-corrected chi connectivity index (χ4v) is 1.16. The lowest BCUT2D eigenvalue weighted by Crippen LogP contribution is -2.30. The van der Waals surface area contributed by atoms with Gasteiger partial charge in [-0.3, -0.25) is 0 Å². The summed E-state index contributed by atoms with van der Waals surface area (Å²) in [7, 11) is 0. The highest BCUT2D eigenvalue weighted by molar-refractivity contribution is 6.31. The second kappa shape index (κ2) is 4.24. The van der Waals surface area contributed by atoms with Crippen LogP contribution in [0.1, 0.15) is 5.56 Å². The van der Waals surface area contributed by atoms with Gasteiger partial charge in [0, 0.05) is 5.56 Å². The first-order valence-corrected chi connectivity index (χ1v) is 4.37. The summed E-state index contributed by atoms with van der Waals surface area (Å²) in [4.78, 5) is 10.2. The first-order chi connectivity index (χ1) is 6.83. The van der Waals surface area contributed by atoms with Gasteiger partial charge in [0.25, 0.3) is 0 Å². The molecule has 1 rings (SSSR count). The Hall–Kier alpha value is -1.01. The number of carboxylic acid groups (broad SMARTS) is 1. The molecule has 0 aliphatic rings. The molecule has 1 aromatic heterocycles. The van der Waals surface area contributed by atoms with E-state index in [2.05, 4.69) is 10.2 Å². The minimum atomic E-state index is -3.91. The van der Waals surface area contributed by atoms with Crippen molar-refractivity contribution in [2.75, 3.05) is 0 Å². The van der Waals surface area contributed by atoms with Crippen molar-refractivity contribution in [3.05, 3.63) is 21.9 Å². The first kappa shape index (κ1) is 12.1. The molecular formula is C7H4Cl2F2N2O2. The Labute approximate surface area is 92.8 Å². The van der Waals surface area contributed by atoms with Crippen LogP contribution in [0, 0.1) is 0 Å². The van der Waals surface area contributed by atoms with Gasteiger partial charge in [-0.1, -0.05) is 23.2 Å². The van der Waals surface area contributed by atoms with Gasteiger partial charge in [0.15, 0.2) is 10.3 Å². The molecule has 1 N–H and O–H groups in total. The number of alkyl halides is 2. The standard InChI is InChI=1S/C7H4Cl2F2N2O2/c8-4-1-3(5(9)13-12-4)2-7(10,11)6(14)15/h1H,2H2,(H,14,15). The molecule has 15 heavy (non-hydrogen) atoms. The van der Waals surface area contributed by atoms with Crippen molar-refractivity contribution in [2.45, 2.75) is 12.3 Å². The average Bonchev–Trinajstić information content (AvgIpc) is 2.10. The van der Waals surface area contributed by atoms with Gasteiger partial charge in [-0.15, -0.1) is 10.2 Å². The van der Waals surface area contributed by atoms with E-state index in [4.69, 9.17) is 28.3 Å². The van der Waals surface area contributed by atoms with Crippen molar-refractivity contribution in [3.63, 3.8) is 0 Å². The fourth-order valence-electron chi connectivity index (χ4n) is 0.827. The Morgan fingerprint density at radius 1 is 1.47 bits per heavy atom. The normalized spacial score (nSPS) is 11.5. The second-order valence-corrected chi connectivity index (χ2v) is 3.41. The summed E-state index contributed by atoms with van der Waals surface area (Å²) >= 11 is 10.8. The molecule has 4 nitrogen and oxygen atoms in total. The van der Waals surface area contributed by atoms with Crippen LogP contribution in [0.2, 0.25) is 10.3 Å². The molecule has 0 radical (unpaired) electrons. The lowest BCUT2D eigenvalue weighted by molar-refractivity contribution is -0.164. The smallest absolute Gasteiger partial charge is 0.374 e. The van der Waals surface area contributed by atoms with Gasteiger partial charge in [-0.05, 0) is 6.07 Å². The van der Waals surface area contributed by atoms with Crippen LogP contribution >= 0.6 is 23.2 Å². The zero-order valence-corrected chi connectivity index (χ0v) is 8.56. The monoisotopic (exact) mass is 256 g/mol. The maximum Gasteiger partial charge on any atom is 0.374 e. The van der Waals surface area contributed by atoms with Crippen molar-refractivity contribution in [3.8, 4) is 0 Å². The number of aliphatic carboxylic acids is 1. The van der Waals surface area contributed by atoms with Gasteiger partial charge in [-0.2, -0.15) is 8.78 Å². The van der Waals surface area contributed by atoms with Crippen LogP contribution in [-0.4, -0.2) is 27.2 Å². The number of nitrogens with zero attached hydrogens (tertiary/aromatic N) is 2. The van der Waals surface area contributed by atoms with Gasteiger partial charge < -0.3 is 5.11 Å². The van der Waals surface area contributed by atoms with Crippen LogP contribution in [0.4, 0.5) is 8.78 Å². The topological polar surface area (TPSA) is 63.1 Å². The minimum Gasteiger partial charge on any atom is -0.477 e. The fraction of sp³-hybridized carbons (Fsp3) is 0.286. The quantitative estimate of drug-likeness (QED) is 0.899. The van der Waals surface area contributed by atoms with Crippen molar-refractivity contribution in [2.24, 2.45) is 0 Å². The van der Waals surface area contributed by atoms with Gasteiger partial charge in [0.2, 0.25) is 0 Å². The van der Waals surface area contributed by atoms with E-state index in [1.165, 1.54) is 0 Å². The first-order valence-electron chi connectivity index (χ1n) is 3.62. The van der Waals surface area contributed by atoms with Gasteiger partial charge in [0.1, 0.15) is 0 Å². The van der Waals surface area contributed by atoms with Crippen molar-refractivity contribution in [1.82, 2.24) is 10.2 Å². The molecule has 0 aliphatic carbocycles. The second-order valence-electron chi connectivity index (χ2n) is 2.67. The summed E-state index contributed by atoms with van der Waals surface area (Å²) in [6, 6.07) is 1.05. The van der Waals surface area contributed by atoms with Crippen LogP contribution in [-0.2, 0) is 11.2 Å². The summed E-state index contributed by atoms with van der Waals surface area (Å²) in [6.45, 7) is 0. The lowest BCUT2D eigenvalue weighted by Gasteiger charge is -2.11. The number of hydrogen-bond donors (Lipinski definition) is 1. The summed E-state index contributed by atoms with van der Waals surface area (Å²) < 4.78 is 25.6. The number of rotatable bonds is 3. The van der Waals surface area contributed by atoms with Crippen LogP contribution in [0.15, 0.2) is 6.07 Å². The Morgan fingerprint density at radius 3 is 2.60 bits per heavy atom. The maximum atomic E-state index is 12.8. The molecular weight excluding hydrogens is 253 g/mol. The molecule has 0 spiro atoms. The number of carboxylic acids is 1. The maximum absolute atomic E-state index is 12.8. The Balaban J connectivity index is 2.99. The average molecular weight is 257 g/mol. The van der Waals surface area contributed by atoms with Crippen LogP contribution < -0.4 is 0 Å². The summed E-state index contributed by atoms with van der Waals surface area (Å²) in [5, 5.41) is 14.4. The highest BCUT2D eigenvalue weighted by Crippen LogP contribution is 2.25. The van der Waals surface area contributed by atoms with E-state index < -0.39 is 18.3 Å². The molecule has 8 heteroatoms. The largest absolute Gasteiger partial charge is 0.477 e. The van der Waals surface area contributed by atoms with Gasteiger partial charge in [-0.25, -0.2) is 4.79 Å². The molecule has 0 saturated carbocycles. The number of aromatic nitrogens is 2. The molecule has 0 amide bonds. The third kappa shape index (κ3) is 2.97. The zero-order valence-electron chi connectivity index (χ0n) is 7.05. The Bertz CT molecular complexity index is 401. The van der Waals surface area contributed by atoms with E-state index in [1.807, 2.05) is 0 Å². The zero-order chi connectivity index (χ0) is 11.6. The van der Waals surface area contributed by atoms with E-state index in [0.717, 1.165) is 6.07 Å². The molecule has 0 fully saturated rings. The summed E-state index contributed by atoms with van der Waals surface area (Å²) in [5.74, 6) is -6.14. The van der Waals surface area contributed by atoms with Crippen LogP contribution in [0.3, 0.4) is 0 Å². The Morgan fingerprint density at radius 2 is 2.07 bits per heavy atom. The predicted octanol–water partition coefficient (Wildman–Crippen LogP) is 2.05. The molecule has 0 aromatic carbocycles. The lowest BCUT2D eigenvalue weighted by atomic mass is 10.1. The molecule has 82 valence electrons. The highest BCUT2D eigenvalue weighted by Gasteiger charge is 2.39. The van der Waals surface area contributed by atoms with Crippen molar-refractivity contribution >= 4 is 29.2 Å². The van der Waals surface area contributed by atoms with E-state index in [0.29, 0.717) is 0 Å². The number of hydrogen-bond acceptors (Lipinski definition) is 3. The number of halogens is 4. The molecule has 0 bridgehead atoms. The van der Waals surface area contributed by atoms with Crippen LogP contribution in [0.5, 0.6) is 0 Å². The molecule has 0 atom stereocenters. The van der Waals surface area contributed by atoms with E-state index >= 15 is 0 Å². The van der Waals surface area contributed by atoms with Gasteiger partial charge in [0.05, 0.1) is 6.42 Å². The Kier molecular flexibility index (Phi) is 3.41. The molecule has 0 unspecified atom stereocenters. The predicted molar refractivity (Wildman–Crippen MR) is 48.3 cm³/mol. The third-order valence-corrected chi connectivity index (χ3v) is 2.02. The van der Waals surface area contributed by atoms with Gasteiger partial charge >= 0.3 is 11.9 Å².